The minimum Gasteiger partial charge on any atom is -0.354 e. The second-order valence-corrected chi connectivity index (χ2v) is 7.23. The number of carbonyl (C=O) groups is 1. The van der Waals surface area contributed by atoms with Crippen LogP contribution in [0.2, 0.25) is 0 Å². The number of nitrogens with zero attached hydrogens (tertiary/aromatic N) is 4. The summed E-state index contributed by atoms with van der Waals surface area (Å²) in [6.45, 7) is 3.58. The highest BCUT2D eigenvalue weighted by atomic mass is 19.4. The summed E-state index contributed by atoms with van der Waals surface area (Å²) < 4.78 is 66.8. The van der Waals surface area contributed by atoms with Crippen LogP contribution >= 0.6 is 0 Å². The lowest BCUT2D eigenvalue weighted by Crippen LogP contribution is -2.33. The summed E-state index contributed by atoms with van der Waals surface area (Å²) >= 11 is 0. The molecule has 1 saturated carbocycles. The van der Waals surface area contributed by atoms with Crippen LogP contribution in [0.25, 0.3) is 0 Å². The average Bonchev–Trinajstić information content (AvgIpc) is 3.26. The first-order valence-corrected chi connectivity index (χ1v) is 9.34. The lowest BCUT2D eigenvalue weighted by Gasteiger charge is -2.14. The fourth-order valence-electron chi connectivity index (χ4n) is 3.17. The predicted octanol–water partition coefficient (Wildman–Crippen LogP) is 3.99. The van der Waals surface area contributed by atoms with Crippen molar-refractivity contribution in [1.82, 2.24) is 24.9 Å². The summed E-state index contributed by atoms with van der Waals surface area (Å²) in [5.74, 6) is -0.295. The van der Waals surface area contributed by atoms with Gasteiger partial charge in [0.1, 0.15) is 11.7 Å². The van der Waals surface area contributed by atoms with Gasteiger partial charge in [0.05, 0.1) is 0 Å². The highest BCUT2D eigenvalue weighted by Gasteiger charge is 2.37. The number of rotatable bonds is 8. The van der Waals surface area contributed by atoms with E-state index < -0.39 is 35.9 Å². The van der Waals surface area contributed by atoms with E-state index in [2.05, 4.69) is 15.5 Å². The van der Waals surface area contributed by atoms with Crippen molar-refractivity contribution in [3.8, 4) is 0 Å². The summed E-state index contributed by atoms with van der Waals surface area (Å²) in [7, 11) is 0. The number of hydrogen-bond acceptors (Lipinski definition) is 3. The SMILES string of the molecule is Cc1cc(C(F)F)nn1C(C)C(=O)NCCCn1nc(C(F)(F)F)cc1C1CC1. The first-order chi connectivity index (χ1) is 13.6. The highest BCUT2D eigenvalue weighted by molar-refractivity contribution is 5.79. The van der Waals surface area contributed by atoms with Crippen molar-refractivity contribution in [2.45, 2.75) is 64.2 Å². The zero-order valence-electron chi connectivity index (χ0n) is 16.0. The second-order valence-electron chi connectivity index (χ2n) is 7.23. The van der Waals surface area contributed by atoms with E-state index in [-0.39, 0.29) is 19.0 Å². The summed E-state index contributed by atoms with van der Waals surface area (Å²) in [4.78, 5) is 12.3. The molecule has 0 bridgehead atoms. The Bertz CT molecular complexity index is 869. The number of amides is 1. The molecule has 2 heterocycles. The van der Waals surface area contributed by atoms with Crippen molar-refractivity contribution >= 4 is 5.91 Å². The zero-order valence-corrected chi connectivity index (χ0v) is 16.0. The van der Waals surface area contributed by atoms with Crippen LogP contribution in [0.5, 0.6) is 0 Å². The number of aromatic nitrogens is 4. The quantitative estimate of drug-likeness (QED) is 0.520. The van der Waals surface area contributed by atoms with Crippen LogP contribution in [0.4, 0.5) is 22.0 Å². The van der Waals surface area contributed by atoms with Gasteiger partial charge in [-0.2, -0.15) is 23.4 Å². The number of aryl methyl sites for hydroxylation is 2. The maximum Gasteiger partial charge on any atom is 0.435 e. The van der Waals surface area contributed by atoms with Gasteiger partial charge < -0.3 is 5.32 Å². The summed E-state index contributed by atoms with van der Waals surface area (Å²) in [6.07, 6.45) is -5.13. The van der Waals surface area contributed by atoms with Crippen molar-refractivity contribution in [3.05, 3.63) is 34.9 Å². The van der Waals surface area contributed by atoms with Gasteiger partial charge >= 0.3 is 6.18 Å². The van der Waals surface area contributed by atoms with E-state index in [0.717, 1.165) is 18.9 Å². The molecule has 1 aliphatic carbocycles. The van der Waals surface area contributed by atoms with Crippen molar-refractivity contribution in [2.75, 3.05) is 6.54 Å². The lowest BCUT2D eigenvalue weighted by atomic mass is 10.2. The molecule has 2 aromatic rings. The van der Waals surface area contributed by atoms with Crippen LogP contribution < -0.4 is 5.32 Å². The van der Waals surface area contributed by atoms with Gasteiger partial charge in [-0.05, 0) is 45.2 Å². The van der Waals surface area contributed by atoms with E-state index in [1.807, 2.05) is 0 Å². The number of halogens is 5. The van der Waals surface area contributed by atoms with Crippen LogP contribution in [0, 0.1) is 6.92 Å². The largest absolute Gasteiger partial charge is 0.435 e. The van der Waals surface area contributed by atoms with Gasteiger partial charge in [0.15, 0.2) is 5.69 Å². The van der Waals surface area contributed by atoms with Gasteiger partial charge in [0, 0.05) is 30.4 Å². The smallest absolute Gasteiger partial charge is 0.354 e. The van der Waals surface area contributed by atoms with Gasteiger partial charge in [-0.1, -0.05) is 0 Å². The fourth-order valence-corrected chi connectivity index (χ4v) is 3.17. The fraction of sp³-hybridized carbons (Fsp3) is 0.611. The van der Waals surface area contributed by atoms with Crippen LogP contribution in [-0.2, 0) is 17.5 Å². The van der Waals surface area contributed by atoms with Crippen molar-refractivity contribution in [1.29, 1.82) is 0 Å². The highest BCUT2D eigenvalue weighted by Crippen LogP contribution is 2.42. The maximum absolute atomic E-state index is 12.9. The van der Waals surface area contributed by atoms with Crippen molar-refractivity contribution in [3.63, 3.8) is 0 Å². The second kappa shape index (κ2) is 8.11. The Morgan fingerprint density at radius 3 is 2.52 bits per heavy atom. The van der Waals surface area contributed by atoms with Crippen LogP contribution in [0.3, 0.4) is 0 Å². The van der Waals surface area contributed by atoms with Crippen molar-refractivity contribution < 1.29 is 26.7 Å². The Hall–Kier alpha value is -2.46. The molecule has 1 aliphatic rings. The molecule has 11 heteroatoms. The Morgan fingerprint density at radius 2 is 1.97 bits per heavy atom. The third-order valence-corrected chi connectivity index (χ3v) is 4.85. The Labute approximate surface area is 164 Å². The Morgan fingerprint density at radius 1 is 1.28 bits per heavy atom. The normalized spacial score (nSPS) is 15.7. The minimum atomic E-state index is -4.49. The molecule has 1 N–H and O–H groups in total. The summed E-state index contributed by atoms with van der Waals surface area (Å²) in [5, 5.41) is 10.1. The molecule has 29 heavy (non-hydrogen) atoms. The molecule has 1 atom stereocenters. The maximum atomic E-state index is 12.9. The van der Waals surface area contributed by atoms with E-state index >= 15 is 0 Å². The molecule has 6 nitrogen and oxygen atoms in total. The third kappa shape index (κ3) is 4.94. The van der Waals surface area contributed by atoms with E-state index in [1.165, 1.54) is 15.4 Å². The first-order valence-electron chi connectivity index (χ1n) is 9.34. The summed E-state index contributed by atoms with van der Waals surface area (Å²) in [5.41, 5.74) is -0.285. The number of alkyl halides is 5. The predicted molar refractivity (Wildman–Crippen MR) is 93.5 cm³/mol. The molecule has 2 aromatic heterocycles. The molecule has 1 amide bonds. The molecule has 1 unspecified atom stereocenters. The van der Waals surface area contributed by atoms with Crippen molar-refractivity contribution in [2.24, 2.45) is 0 Å². The van der Waals surface area contributed by atoms with Crippen LogP contribution in [0.15, 0.2) is 12.1 Å². The molecule has 1 fully saturated rings. The van der Waals surface area contributed by atoms with E-state index in [9.17, 15) is 26.7 Å². The van der Waals surface area contributed by atoms with E-state index in [0.29, 0.717) is 17.8 Å². The first kappa shape index (κ1) is 21.3. The monoisotopic (exact) mass is 419 g/mol. The number of hydrogen-bond donors (Lipinski definition) is 1. The van der Waals surface area contributed by atoms with Gasteiger partial charge in [0.25, 0.3) is 6.43 Å². The molecule has 0 saturated heterocycles. The zero-order chi connectivity index (χ0) is 21.3. The van der Waals surface area contributed by atoms with E-state index in [1.54, 1.807) is 13.8 Å². The summed E-state index contributed by atoms with van der Waals surface area (Å²) in [6, 6.07) is 1.54. The molecular weight excluding hydrogens is 397 g/mol. The molecule has 0 radical (unpaired) electrons. The molecule has 3 rings (SSSR count). The Balaban J connectivity index is 1.54. The lowest BCUT2D eigenvalue weighted by molar-refractivity contribution is -0.141. The van der Waals surface area contributed by atoms with E-state index in [4.69, 9.17) is 0 Å². The molecule has 0 aliphatic heterocycles. The van der Waals surface area contributed by atoms with Gasteiger partial charge in [-0.15, -0.1) is 0 Å². The third-order valence-electron chi connectivity index (χ3n) is 4.85. The number of nitrogens with one attached hydrogen (secondary N) is 1. The molecule has 0 spiro atoms. The molecule has 0 aromatic carbocycles. The van der Waals surface area contributed by atoms with Crippen LogP contribution in [-0.4, -0.2) is 32.0 Å². The molecule has 160 valence electrons. The van der Waals surface area contributed by atoms with Gasteiger partial charge in [-0.3, -0.25) is 14.2 Å². The topological polar surface area (TPSA) is 64.7 Å². The van der Waals surface area contributed by atoms with Crippen LogP contribution in [0.1, 0.15) is 67.3 Å². The van der Waals surface area contributed by atoms with Gasteiger partial charge in [-0.25, -0.2) is 8.78 Å². The average molecular weight is 419 g/mol. The minimum absolute atomic E-state index is 0.111. The van der Waals surface area contributed by atoms with Gasteiger partial charge in [0.2, 0.25) is 5.91 Å². The number of carbonyl (C=O) groups excluding carboxylic acids is 1. The Kier molecular flexibility index (Phi) is 5.95. The standard InChI is InChI=1S/C18H22F5N5O/c1-10-8-13(16(19)20)25-28(10)11(2)17(29)24-6-3-7-27-14(12-4-5-12)9-15(26-27)18(21,22)23/h8-9,11-12,16H,3-7H2,1-2H3,(H,24,29). The molecular formula is C18H22F5N5O.